The highest BCUT2D eigenvalue weighted by atomic mass is 19.4. The summed E-state index contributed by atoms with van der Waals surface area (Å²) in [7, 11) is 2.17. The molecule has 0 unspecified atom stereocenters. The molecule has 140 valence electrons. The first-order valence-electron chi connectivity index (χ1n) is 9.15. The first kappa shape index (κ1) is 18.7. The number of hydrogen-bond acceptors (Lipinski definition) is 3. The molecule has 1 atom stereocenters. The number of benzene rings is 1. The van der Waals surface area contributed by atoms with Crippen LogP contribution < -0.4 is 0 Å². The van der Waals surface area contributed by atoms with Crippen LogP contribution in [0.15, 0.2) is 24.3 Å². The molecular formula is C19H28F3N3. The SMILES string of the molecule is C[C@H]1CN(Cc2cccc(C(F)(F)F)c2)CCN1C1CCN(C)CC1. The van der Waals surface area contributed by atoms with Crippen molar-refractivity contribution in [3.63, 3.8) is 0 Å². The van der Waals surface area contributed by atoms with E-state index in [9.17, 15) is 13.2 Å². The van der Waals surface area contributed by atoms with E-state index in [1.54, 1.807) is 6.07 Å². The Morgan fingerprint density at radius 3 is 2.44 bits per heavy atom. The number of alkyl halides is 3. The van der Waals surface area contributed by atoms with Gasteiger partial charge in [0.05, 0.1) is 5.56 Å². The maximum absolute atomic E-state index is 12.9. The van der Waals surface area contributed by atoms with Crippen molar-refractivity contribution in [2.24, 2.45) is 0 Å². The summed E-state index contributed by atoms with van der Waals surface area (Å²) in [4.78, 5) is 7.27. The van der Waals surface area contributed by atoms with Crippen molar-refractivity contribution in [1.82, 2.24) is 14.7 Å². The first-order valence-corrected chi connectivity index (χ1v) is 9.15. The van der Waals surface area contributed by atoms with E-state index in [2.05, 4.69) is 28.7 Å². The molecule has 2 fully saturated rings. The van der Waals surface area contributed by atoms with Gasteiger partial charge in [0.1, 0.15) is 0 Å². The molecule has 2 aliphatic heterocycles. The van der Waals surface area contributed by atoms with Crippen LogP contribution in [0.3, 0.4) is 0 Å². The fourth-order valence-electron chi connectivity index (χ4n) is 4.16. The van der Waals surface area contributed by atoms with E-state index < -0.39 is 11.7 Å². The van der Waals surface area contributed by atoms with Crippen molar-refractivity contribution in [2.75, 3.05) is 39.8 Å². The number of rotatable bonds is 3. The molecule has 2 heterocycles. The number of halogens is 3. The summed E-state index contributed by atoms with van der Waals surface area (Å²) in [6.07, 6.45) is -1.83. The highest BCUT2D eigenvalue weighted by Crippen LogP contribution is 2.30. The van der Waals surface area contributed by atoms with Crippen molar-refractivity contribution in [1.29, 1.82) is 0 Å². The lowest BCUT2D eigenvalue weighted by molar-refractivity contribution is -0.137. The topological polar surface area (TPSA) is 9.72 Å². The second kappa shape index (κ2) is 7.64. The third kappa shape index (κ3) is 4.74. The van der Waals surface area contributed by atoms with E-state index in [1.807, 2.05) is 0 Å². The molecule has 3 rings (SSSR count). The third-order valence-electron chi connectivity index (χ3n) is 5.58. The normalized spacial score (nSPS) is 25.4. The van der Waals surface area contributed by atoms with Gasteiger partial charge < -0.3 is 4.90 Å². The Labute approximate surface area is 148 Å². The minimum Gasteiger partial charge on any atom is -0.306 e. The van der Waals surface area contributed by atoms with Gasteiger partial charge in [-0.25, -0.2) is 0 Å². The minimum atomic E-state index is -4.27. The number of piperazine rings is 1. The van der Waals surface area contributed by atoms with Crippen LogP contribution >= 0.6 is 0 Å². The summed E-state index contributed by atoms with van der Waals surface area (Å²) in [5.41, 5.74) is 0.192. The van der Waals surface area contributed by atoms with Crippen molar-refractivity contribution in [3.05, 3.63) is 35.4 Å². The van der Waals surface area contributed by atoms with Crippen molar-refractivity contribution >= 4 is 0 Å². The van der Waals surface area contributed by atoms with Gasteiger partial charge in [0.2, 0.25) is 0 Å². The lowest BCUT2D eigenvalue weighted by atomic mass is 10.00. The Kier molecular flexibility index (Phi) is 5.71. The third-order valence-corrected chi connectivity index (χ3v) is 5.58. The minimum absolute atomic E-state index is 0.452. The van der Waals surface area contributed by atoms with Crippen LogP contribution in [-0.4, -0.2) is 66.6 Å². The molecule has 0 aliphatic carbocycles. The average molecular weight is 355 g/mol. The van der Waals surface area contributed by atoms with Crippen LogP contribution in [0.4, 0.5) is 13.2 Å². The highest BCUT2D eigenvalue weighted by molar-refractivity contribution is 5.25. The largest absolute Gasteiger partial charge is 0.416 e. The Morgan fingerprint density at radius 2 is 1.80 bits per heavy atom. The van der Waals surface area contributed by atoms with E-state index in [0.29, 0.717) is 18.6 Å². The van der Waals surface area contributed by atoms with Crippen LogP contribution in [0.25, 0.3) is 0 Å². The molecule has 6 heteroatoms. The van der Waals surface area contributed by atoms with Crippen LogP contribution in [0.1, 0.15) is 30.9 Å². The quantitative estimate of drug-likeness (QED) is 0.824. The molecule has 2 aliphatic rings. The predicted molar refractivity (Wildman–Crippen MR) is 93.4 cm³/mol. The molecule has 0 N–H and O–H groups in total. The second-order valence-electron chi connectivity index (χ2n) is 7.55. The average Bonchev–Trinajstić information content (AvgIpc) is 2.56. The zero-order chi connectivity index (χ0) is 18.0. The van der Waals surface area contributed by atoms with Gasteiger partial charge in [-0.3, -0.25) is 9.80 Å². The number of likely N-dealkylation sites (tertiary alicyclic amines) is 1. The lowest BCUT2D eigenvalue weighted by Gasteiger charge is -2.46. The molecule has 0 bridgehead atoms. The van der Waals surface area contributed by atoms with Gasteiger partial charge in [-0.15, -0.1) is 0 Å². The maximum atomic E-state index is 12.9. The summed E-state index contributed by atoms with van der Waals surface area (Å²) in [5.74, 6) is 0. The second-order valence-corrected chi connectivity index (χ2v) is 7.55. The smallest absolute Gasteiger partial charge is 0.306 e. The summed E-state index contributed by atoms with van der Waals surface area (Å²) >= 11 is 0. The zero-order valence-electron chi connectivity index (χ0n) is 15.1. The van der Waals surface area contributed by atoms with Gasteiger partial charge in [-0.2, -0.15) is 13.2 Å². The molecule has 2 saturated heterocycles. The zero-order valence-corrected chi connectivity index (χ0v) is 15.1. The molecule has 25 heavy (non-hydrogen) atoms. The molecule has 1 aromatic rings. The van der Waals surface area contributed by atoms with E-state index in [0.717, 1.165) is 44.4 Å². The van der Waals surface area contributed by atoms with Crippen LogP contribution in [0.5, 0.6) is 0 Å². The molecule has 0 radical (unpaired) electrons. The summed E-state index contributed by atoms with van der Waals surface area (Å²) < 4.78 is 38.6. The van der Waals surface area contributed by atoms with E-state index >= 15 is 0 Å². The summed E-state index contributed by atoms with van der Waals surface area (Å²) in [6.45, 7) is 8.00. The van der Waals surface area contributed by atoms with Gasteiger partial charge in [-0.1, -0.05) is 18.2 Å². The van der Waals surface area contributed by atoms with Crippen LogP contribution in [0, 0.1) is 0 Å². The van der Waals surface area contributed by atoms with E-state index in [-0.39, 0.29) is 0 Å². The Bertz CT molecular complexity index is 567. The van der Waals surface area contributed by atoms with Gasteiger partial charge >= 0.3 is 6.18 Å². The monoisotopic (exact) mass is 355 g/mol. The fraction of sp³-hybridized carbons (Fsp3) is 0.684. The number of hydrogen-bond donors (Lipinski definition) is 0. The molecule has 0 aromatic heterocycles. The maximum Gasteiger partial charge on any atom is 0.416 e. The Hall–Kier alpha value is -1.11. The van der Waals surface area contributed by atoms with E-state index in [4.69, 9.17) is 0 Å². The predicted octanol–water partition coefficient (Wildman–Crippen LogP) is 3.31. The standard InChI is InChI=1S/C19H28F3N3/c1-15-13-24(10-11-25(15)18-6-8-23(2)9-7-18)14-16-4-3-5-17(12-16)19(20,21)22/h3-5,12,15,18H,6-11,13-14H2,1-2H3/t15-/m0/s1. The molecule has 1 aromatic carbocycles. The van der Waals surface area contributed by atoms with Crippen molar-refractivity contribution in [2.45, 2.75) is 44.6 Å². The van der Waals surface area contributed by atoms with Crippen molar-refractivity contribution in [3.8, 4) is 0 Å². The van der Waals surface area contributed by atoms with Crippen LogP contribution in [-0.2, 0) is 12.7 Å². The van der Waals surface area contributed by atoms with Crippen molar-refractivity contribution < 1.29 is 13.2 Å². The highest BCUT2D eigenvalue weighted by Gasteiger charge is 2.32. The number of piperidine rings is 1. The summed E-state index contributed by atoms with van der Waals surface area (Å²) in [5, 5.41) is 0. The Morgan fingerprint density at radius 1 is 1.08 bits per heavy atom. The fourth-order valence-corrected chi connectivity index (χ4v) is 4.16. The van der Waals surface area contributed by atoms with Gasteiger partial charge in [0.15, 0.2) is 0 Å². The van der Waals surface area contributed by atoms with E-state index in [1.165, 1.54) is 25.0 Å². The van der Waals surface area contributed by atoms with Gasteiger partial charge in [0, 0.05) is 38.3 Å². The van der Waals surface area contributed by atoms with Gasteiger partial charge in [-0.05, 0) is 51.5 Å². The molecule has 0 saturated carbocycles. The number of nitrogens with zero attached hydrogens (tertiary/aromatic N) is 3. The molecular weight excluding hydrogens is 327 g/mol. The molecule has 3 nitrogen and oxygen atoms in total. The Balaban J connectivity index is 1.56. The summed E-state index contributed by atoms with van der Waals surface area (Å²) in [6, 6.07) is 6.84. The van der Waals surface area contributed by atoms with Crippen LogP contribution in [0.2, 0.25) is 0 Å². The first-order chi connectivity index (χ1) is 11.8. The van der Waals surface area contributed by atoms with Gasteiger partial charge in [0.25, 0.3) is 0 Å². The molecule has 0 spiro atoms. The lowest BCUT2D eigenvalue weighted by Crippen LogP contribution is -2.56. The molecule has 0 amide bonds.